The van der Waals surface area contributed by atoms with Gasteiger partial charge in [0.05, 0.1) is 10.6 Å². The molecule has 5 heteroatoms. The van der Waals surface area contributed by atoms with Crippen LogP contribution in [0.1, 0.15) is 4.88 Å². The maximum absolute atomic E-state index is 6.40. The van der Waals surface area contributed by atoms with Crippen LogP contribution in [0.3, 0.4) is 0 Å². The van der Waals surface area contributed by atoms with Crippen molar-refractivity contribution in [1.29, 1.82) is 0 Å². The van der Waals surface area contributed by atoms with Crippen LogP contribution in [-0.4, -0.2) is 9.38 Å². The number of thiophene rings is 1. The fraction of sp³-hybridized carbons (Fsp3) is 0.0625. The average Bonchev–Trinajstić information content (AvgIpc) is 3.18. The van der Waals surface area contributed by atoms with Gasteiger partial charge >= 0.3 is 0 Å². The predicted molar refractivity (Wildman–Crippen MR) is 91.0 cm³/mol. The number of nitrogens with zero attached hydrogens (tertiary/aromatic N) is 2. The summed E-state index contributed by atoms with van der Waals surface area (Å²) in [6, 6.07) is 14.3. The van der Waals surface area contributed by atoms with Crippen LogP contribution in [0.4, 0.5) is 5.82 Å². The molecule has 0 aliphatic carbocycles. The van der Waals surface area contributed by atoms with Gasteiger partial charge < -0.3 is 5.73 Å². The number of fused-ring (bicyclic) bond motifs is 1. The topological polar surface area (TPSA) is 43.3 Å². The molecule has 0 aliphatic heterocycles. The van der Waals surface area contributed by atoms with Gasteiger partial charge in [0.25, 0.3) is 0 Å². The zero-order chi connectivity index (χ0) is 14.4. The number of thiazole rings is 1. The Balaban J connectivity index is 2.01. The van der Waals surface area contributed by atoms with Gasteiger partial charge in [0.1, 0.15) is 11.5 Å². The number of aryl methyl sites for hydroxylation is 1. The highest BCUT2D eigenvalue weighted by molar-refractivity contribution is 7.18. The molecule has 2 N–H and O–H groups in total. The van der Waals surface area contributed by atoms with E-state index >= 15 is 0 Å². The lowest BCUT2D eigenvalue weighted by atomic mass is 10.1. The number of hydrogen-bond donors (Lipinski definition) is 1. The molecule has 0 aliphatic rings. The lowest BCUT2D eigenvalue weighted by Crippen LogP contribution is -1.95. The molecule has 0 radical (unpaired) electrons. The van der Waals surface area contributed by atoms with E-state index in [-0.39, 0.29) is 0 Å². The van der Waals surface area contributed by atoms with Crippen LogP contribution in [0.5, 0.6) is 0 Å². The summed E-state index contributed by atoms with van der Waals surface area (Å²) in [5.74, 6) is 0.712. The number of nitrogen functional groups attached to an aromatic ring is 1. The van der Waals surface area contributed by atoms with Crippen LogP contribution < -0.4 is 5.73 Å². The zero-order valence-corrected chi connectivity index (χ0v) is 13.0. The van der Waals surface area contributed by atoms with Crippen molar-refractivity contribution in [2.24, 2.45) is 0 Å². The summed E-state index contributed by atoms with van der Waals surface area (Å²) in [6.45, 7) is 2.12. The van der Waals surface area contributed by atoms with E-state index in [9.17, 15) is 0 Å². The highest BCUT2D eigenvalue weighted by Crippen LogP contribution is 2.38. The third-order valence-electron chi connectivity index (χ3n) is 3.49. The SMILES string of the molecule is Cc1sc2nc(-c3ccccc3)c(N)n2c1-c1cccs1. The van der Waals surface area contributed by atoms with Gasteiger partial charge in [-0.05, 0) is 18.4 Å². The molecule has 104 valence electrons. The molecule has 4 rings (SSSR count). The molecule has 3 nitrogen and oxygen atoms in total. The molecule has 0 spiro atoms. The second kappa shape index (κ2) is 4.72. The van der Waals surface area contributed by atoms with E-state index in [4.69, 9.17) is 10.7 Å². The van der Waals surface area contributed by atoms with Gasteiger partial charge in [-0.25, -0.2) is 4.98 Å². The van der Waals surface area contributed by atoms with E-state index < -0.39 is 0 Å². The van der Waals surface area contributed by atoms with E-state index in [0.29, 0.717) is 5.82 Å². The summed E-state index contributed by atoms with van der Waals surface area (Å²) < 4.78 is 2.08. The monoisotopic (exact) mass is 311 g/mol. The highest BCUT2D eigenvalue weighted by Gasteiger charge is 2.19. The first-order valence-electron chi connectivity index (χ1n) is 6.62. The van der Waals surface area contributed by atoms with Gasteiger partial charge in [-0.15, -0.1) is 22.7 Å². The molecule has 0 bridgehead atoms. The van der Waals surface area contributed by atoms with E-state index in [2.05, 4.69) is 28.8 Å². The fourth-order valence-corrected chi connectivity index (χ4v) is 4.42. The second-order valence-electron chi connectivity index (χ2n) is 4.81. The summed E-state index contributed by atoms with van der Waals surface area (Å²) in [7, 11) is 0. The summed E-state index contributed by atoms with van der Waals surface area (Å²) >= 11 is 3.41. The normalized spacial score (nSPS) is 11.3. The summed E-state index contributed by atoms with van der Waals surface area (Å²) in [5, 5.41) is 2.09. The van der Waals surface area contributed by atoms with Gasteiger partial charge in [0.15, 0.2) is 4.96 Å². The largest absolute Gasteiger partial charge is 0.383 e. The first kappa shape index (κ1) is 12.6. The van der Waals surface area contributed by atoms with Crippen LogP contribution in [0.15, 0.2) is 47.8 Å². The van der Waals surface area contributed by atoms with Crippen molar-refractivity contribution in [2.75, 3.05) is 5.73 Å². The Labute approximate surface area is 130 Å². The summed E-state index contributed by atoms with van der Waals surface area (Å²) in [6.07, 6.45) is 0. The predicted octanol–water partition coefficient (Wildman–Crippen LogP) is 4.68. The number of rotatable bonds is 2. The van der Waals surface area contributed by atoms with E-state index in [1.54, 1.807) is 22.7 Å². The van der Waals surface area contributed by atoms with Crippen molar-refractivity contribution in [1.82, 2.24) is 9.38 Å². The molecule has 0 saturated heterocycles. The molecule has 3 aromatic heterocycles. The molecule has 1 aromatic carbocycles. The number of anilines is 1. The molecule has 0 saturated carbocycles. The highest BCUT2D eigenvalue weighted by atomic mass is 32.1. The van der Waals surface area contributed by atoms with Crippen LogP contribution in [0.25, 0.3) is 26.8 Å². The minimum atomic E-state index is 0.712. The Morgan fingerprint density at radius 3 is 2.62 bits per heavy atom. The van der Waals surface area contributed by atoms with Gasteiger partial charge in [0, 0.05) is 10.4 Å². The zero-order valence-electron chi connectivity index (χ0n) is 11.4. The quantitative estimate of drug-likeness (QED) is 0.584. The molecular formula is C16H13N3S2. The maximum Gasteiger partial charge on any atom is 0.196 e. The van der Waals surface area contributed by atoms with Crippen molar-refractivity contribution in [3.05, 3.63) is 52.7 Å². The Bertz CT molecular complexity index is 902. The first-order valence-corrected chi connectivity index (χ1v) is 8.32. The van der Waals surface area contributed by atoms with Gasteiger partial charge in [-0.1, -0.05) is 36.4 Å². The molecular weight excluding hydrogens is 298 g/mol. The molecule has 0 atom stereocenters. The van der Waals surface area contributed by atoms with Crippen LogP contribution in [-0.2, 0) is 0 Å². The average molecular weight is 311 g/mol. The number of nitrogens with two attached hydrogens (primary N) is 1. The van der Waals surface area contributed by atoms with E-state index in [1.807, 2.05) is 30.3 Å². The molecule has 21 heavy (non-hydrogen) atoms. The Morgan fingerprint density at radius 2 is 1.90 bits per heavy atom. The number of imidazole rings is 1. The van der Waals surface area contributed by atoms with Crippen molar-refractivity contribution in [2.45, 2.75) is 6.92 Å². The number of aromatic nitrogens is 2. The molecule has 3 heterocycles. The van der Waals surface area contributed by atoms with Crippen LogP contribution in [0.2, 0.25) is 0 Å². The molecule has 0 amide bonds. The smallest absolute Gasteiger partial charge is 0.196 e. The molecule has 4 aromatic rings. The van der Waals surface area contributed by atoms with Crippen LogP contribution in [0, 0.1) is 6.92 Å². The second-order valence-corrected chi connectivity index (χ2v) is 6.94. The van der Waals surface area contributed by atoms with Gasteiger partial charge in [-0.2, -0.15) is 0 Å². The first-order chi connectivity index (χ1) is 10.3. The summed E-state index contributed by atoms with van der Waals surface area (Å²) in [5.41, 5.74) is 9.48. The van der Waals surface area contributed by atoms with Crippen LogP contribution >= 0.6 is 22.7 Å². The summed E-state index contributed by atoms with van der Waals surface area (Å²) in [4.78, 5) is 8.15. The minimum Gasteiger partial charge on any atom is -0.383 e. The lowest BCUT2D eigenvalue weighted by Gasteiger charge is -2.02. The van der Waals surface area contributed by atoms with Gasteiger partial charge in [-0.3, -0.25) is 4.40 Å². The Morgan fingerprint density at radius 1 is 1.10 bits per heavy atom. The van der Waals surface area contributed by atoms with Crippen molar-refractivity contribution in [3.63, 3.8) is 0 Å². The number of benzene rings is 1. The third kappa shape index (κ3) is 1.89. The fourth-order valence-electron chi connectivity index (χ4n) is 2.54. The van der Waals surface area contributed by atoms with Crippen molar-refractivity contribution in [3.8, 4) is 21.8 Å². The van der Waals surface area contributed by atoms with Gasteiger partial charge in [0.2, 0.25) is 0 Å². The maximum atomic E-state index is 6.40. The van der Waals surface area contributed by atoms with E-state index in [1.165, 1.54) is 9.75 Å². The Kier molecular flexibility index (Phi) is 2.83. The lowest BCUT2D eigenvalue weighted by molar-refractivity contribution is 1.24. The van der Waals surface area contributed by atoms with E-state index in [0.717, 1.165) is 21.9 Å². The standard InChI is InChI=1S/C16H13N3S2/c1-10-14(12-8-5-9-20-12)19-15(17)13(18-16(19)21-10)11-6-3-2-4-7-11/h2-9H,17H2,1H3. The van der Waals surface area contributed by atoms with Crippen molar-refractivity contribution < 1.29 is 0 Å². The molecule has 0 unspecified atom stereocenters. The minimum absolute atomic E-state index is 0.712. The molecule has 0 fully saturated rings. The third-order valence-corrected chi connectivity index (χ3v) is 5.32. The van der Waals surface area contributed by atoms with Crippen molar-refractivity contribution >= 4 is 33.5 Å². The number of hydrogen-bond acceptors (Lipinski definition) is 4. The Hall–Kier alpha value is -2.11.